The molecule has 2 aromatic carbocycles. The van der Waals surface area contributed by atoms with Crippen LogP contribution in [0.5, 0.6) is 11.6 Å². The number of nitrogens with zero attached hydrogens (tertiary/aromatic N) is 1. The predicted octanol–water partition coefficient (Wildman–Crippen LogP) is 3.79. The summed E-state index contributed by atoms with van der Waals surface area (Å²) in [6.45, 7) is 0.988. The van der Waals surface area contributed by atoms with Crippen molar-refractivity contribution in [2.24, 2.45) is 5.73 Å². The quantitative estimate of drug-likeness (QED) is 0.750. The maximum Gasteiger partial charge on any atom is 0.213 e. The van der Waals surface area contributed by atoms with E-state index in [9.17, 15) is 0 Å². The number of ether oxygens (including phenoxy) is 2. The van der Waals surface area contributed by atoms with Gasteiger partial charge in [-0.3, -0.25) is 0 Å². The van der Waals surface area contributed by atoms with Gasteiger partial charge in [-0.25, -0.2) is 4.98 Å². The van der Waals surface area contributed by atoms with Crippen molar-refractivity contribution in [2.45, 2.75) is 13.2 Å². The molecule has 0 saturated carbocycles. The van der Waals surface area contributed by atoms with Crippen LogP contribution in [-0.4, -0.2) is 12.1 Å². The first-order valence-corrected chi connectivity index (χ1v) is 7.80. The minimum Gasteiger partial charge on any atom is -0.496 e. The van der Waals surface area contributed by atoms with Crippen LogP contribution < -0.4 is 15.2 Å². The van der Waals surface area contributed by atoms with Crippen LogP contribution in [0.15, 0.2) is 66.9 Å². The molecule has 3 rings (SSSR count). The smallest absolute Gasteiger partial charge is 0.213 e. The van der Waals surface area contributed by atoms with Crippen molar-refractivity contribution in [3.05, 3.63) is 78.0 Å². The molecule has 0 aliphatic rings. The van der Waals surface area contributed by atoms with Gasteiger partial charge in [-0.2, -0.15) is 0 Å². The fraction of sp³-hybridized carbons (Fsp3) is 0.150. The van der Waals surface area contributed by atoms with Crippen LogP contribution in [0.3, 0.4) is 0 Å². The molecule has 0 spiro atoms. The Kier molecular flexibility index (Phi) is 5.08. The summed E-state index contributed by atoms with van der Waals surface area (Å²) in [5.41, 5.74) is 9.84. The van der Waals surface area contributed by atoms with Crippen LogP contribution >= 0.6 is 0 Å². The summed E-state index contributed by atoms with van der Waals surface area (Å²) in [6.07, 6.45) is 1.79. The molecule has 0 fully saturated rings. The minimum atomic E-state index is 0.489. The normalized spacial score (nSPS) is 10.4. The van der Waals surface area contributed by atoms with Gasteiger partial charge in [0, 0.05) is 29.9 Å². The van der Waals surface area contributed by atoms with Crippen molar-refractivity contribution in [2.75, 3.05) is 7.11 Å². The number of methoxy groups -OCH3 is 1. The monoisotopic (exact) mass is 320 g/mol. The van der Waals surface area contributed by atoms with E-state index in [1.807, 2.05) is 60.7 Å². The molecule has 3 aromatic rings. The van der Waals surface area contributed by atoms with Gasteiger partial charge in [0.1, 0.15) is 12.4 Å². The van der Waals surface area contributed by atoms with Gasteiger partial charge < -0.3 is 15.2 Å². The van der Waals surface area contributed by atoms with E-state index < -0.39 is 0 Å². The Morgan fingerprint density at radius 1 is 0.958 bits per heavy atom. The van der Waals surface area contributed by atoms with Gasteiger partial charge in [-0.15, -0.1) is 0 Å². The van der Waals surface area contributed by atoms with E-state index in [4.69, 9.17) is 15.2 Å². The molecule has 1 aromatic heterocycles. The number of hydrogen-bond donors (Lipinski definition) is 1. The van der Waals surface area contributed by atoms with E-state index >= 15 is 0 Å². The fourth-order valence-corrected chi connectivity index (χ4v) is 2.46. The van der Waals surface area contributed by atoms with Crippen molar-refractivity contribution < 1.29 is 9.47 Å². The summed E-state index contributed by atoms with van der Waals surface area (Å²) < 4.78 is 11.2. The van der Waals surface area contributed by atoms with Gasteiger partial charge in [0.2, 0.25) is 5.88 Å². The Morgan fingerprint density at radius 3 is 2.46 bits per heavy atom. The second kappa shape index (κ2) is 7.62. The number of pyridine rings is 1. The van der Waals surface area contributed by atoms with E-state index in [-0.39, 0.29) is 0 Å². The largest absolute Gasteiger partial charge is 0.496 e. The number of hydrogen-bond acceptors (Lipinski definition) is 4. The molecule has 4 heteroatoms. The maximum atomic E-state index is 5.73. The molecule has 122 valence electrons. The lowest BCUT2D eigenvalue weighted by molar-refractivity contribution is 0.294. The van der Waals surface area contributed by atoms with Gasteiger partial charge in [0.25, 0.3) is 0 Å². The third-order valence-corrected chi connectivity index (χ3v) is 3.78. The Hall–Kier alpha value is -2.85. The van der Waals surface area contributed by atoms with Crippen LogP contribution in [0.2, 0.25) is 0 Å². The molecule has 24 heavy (non-hydrogen) atoms. The summed E-state index contributed by atoms with van der Waals surface area (Å²) >= 11 is 0. The molecule has 0 aliphatic carbocycles. The fourth-order valence-electron chi connectivity index (χ4n) is 2.46. The van der Waals surface area contributed by atoms with E-state index in [0.29, 0.717) is 19.0 Å². The first-order chi connectivity index (χ1) is 11.8. The summed E-state index contributed by atoms with van der Waals surface area (Å²) in [7, 11) is 1.66. The highest BCUT2D eigenvalue weighted by Crippen LogP contribution is 2.31. The highest BCUT2D eigenvalue weighted by molar-refractivity contribution is 5.70. The Labute approximate surface area is 141 Å². The number of nitrogens with two attached hydrogens (primary N) is 1. The van der Waals surface area contributed by atoms with Gasteiger partial charge in [0.15, 0.2) is 0 Å². The molecule has 0 radical (unpaired) electrons. The van der Waals surface area contributed by atoms with Crippen LogP contribution in [0.25, 0.3) is 11.1 Å². The van der Waals surface area contributed by atoms with E-state index in [2.05, 4.69) is 4.98 Å². The average Bonchev–Trinajstić information content (AvgIpc) is 2.67. The lowest BCUT2D eigenvalue weighted by Gasteiger charge is -2.11. The lowest BCUT2D eigenvalue weighted by atomic mass is 10.0. The van der Waals surface area contributed by atoms with Gasteiger partial charge in [-0.05, 0) is 29.3 Å². The summed E-state index contributed by atoms with van der Waals surface area (Å²) in [5, 5.41) is 0. The Bertz CT molecular complexity index is 786. The van der Waals surface area contributed by atoms with Crippen LogP contribution in [0.1, 0.15) is 11.1 Å². The number of rotatable bonds is 6. The second-order valence-corrected chi connectivity index (χ2v) is 5.40. The lowest BCUT2D eigenvalue weighted by Crippen LogP contribution is -1.99. The van der Waals surface area contributed by atoms with Crippen LogP contribution in [0, 0.1) is 0 Å². The van der Waals surface area contributed by atoms with Crippen LogP contribution in [-0.2, 0) is 13.2 Å². The maximum absolute atomic E-state index is 5.73. The van der Waals surface area contributed by atoms with Crippen molar-refractivity contribution in [1.29, 1.82) is 0 Å². The number of benzene rings is 2. The molecular weight excluding hydrogens is 300 g/mol. The van der Waals surface area contributed by atoms with Crippen molar-refractivity contribution in [3.63, 3.8) is 0 Å². The predicted molar refractivity (Wildman–Crippen MR) is 94.9 cm³/mol. The SMILES string of the molecule is COc1ccc(CN)cc1-c1ccc(OCc2ccccc2)nc1. The standard InChI is InChI=1S/C20H20N2O2/c1-23-19-9-7-16(12-21)11-18(19)17-8-10-20(22-13-17)24-14-15-5-3-2-4-6-15/h2-11,13H,12,14,21H2,1H3. The topological polar surface area (TPSA) is 57.4 Å². The van der Waals surface area contributed by atoms with Crippen molar-refractivity contribution in [3.8, 4) is 22.8 Å². The second-order valence-electron chi connectivity index (χ2n) is 5.40. The molecule has 1 heterocycles. The summed E-state index contributed by atoms with van der Waals surface area (Å²) in [5.74, 6) is 1.39. The highest BCUT2D eigenvalue weighted by Gasteiger charge is 2.08. The van der Waals surface area contributed by atoms with Crippen molar-refractivity contribution in [1.82, 2.24) is 4.98 Å². The molecule has 0 amide bonds. The molecule has 0 bridgehead atoms. The Morgan fingerprint density at radius 2 is 1.79 bits per heavy atom. The molecular formula is C20H20N2O2. The van der Waals surface area contributed by atoms with E-state index in [0.717, 1.165) is 28.0 Å². The highest BCUT2D eigenvalue weighted by atomic mass is 16.5. The van der Waals surface area contributed by atoms with Crippen LogP contribution in [0.4, 0.5) is 0 Å². The molecule has 0 saturated heterocycles. The first kappa shape index (κ1) is 16.0. The Balaban J connectivity index is 1.77. The first-order valence-electron chi connectivity index (χ1n) is 7.80. The summed E-state index contributed by atoms with van der Waals surface area (Å²) in [4.78, 5) is 4.39. The third-order valence-electron chi connectivity index (χ3n) is 3.78. The molecule has 0 unspecified atom stereocenters. The van der Waals surface area contributed by atoms with Gasteiger partial charge in [-0.1, -0.05) is 36.4 Å². The molecule has 0 aliphatic heterocycles. The van der Waals surface area contributed by atoms with E-state index in [1.165, 1.54) is 0 Å². The summed E-state index contributed by atoms with van der Waals surface area (Å²) in [6, 6.07) is 19.8. The van der Waals surface area contributed by atoms with E-state index in [1.54, 1.807) is 13.3 Å². The zero-order valence-corrected chi connectivity index (χ0v) is 13.6. The number of aromatic nitrogens is 1. The zero-order valence-electron chi connectivity index (χ0n) is 13.6. The molecule has 4 nitrogen and oxygen atoms in total. The molecule has 2 N–H and O–H groups in total. The van der Waals surface area contributed by atoms with Gasteiger partial charge >= 0.3 is 0 Å². The van der Waals surface area contributed by atoms with Crippen molar-refractivity contribution >= 4 is 0 Å². The average molecular weight is 320 g/mol. The minimum absolute atomic E-state index is 0.489. The zero-order chi connectivity index (χ0) is 16.8. The molecule has 0 atom stereocenters. The third kappa shape index (κ3) is 3.73. The van der Waals surface area contributed by atoms with Gasteiger partial charge in [0.05, 0.1) is 7.11 Å².